The summed E-state index contributed by atoms with van der Waals surface area (Å²) in [6.07, 6.45) is 1.65. The van der Waals surface area contributed by atoms with Gasteiger partial charge in [-0.15, -0.1) is 0 Å². The van der Waals surface area contributed by atoms with Crippen molar-refractivity contribution in [3.63, 3.8) is 0 Å². The molecule has 0 aliphatic carbocycles. The lowest BCUT2D eigenvalue weighted by atomic mass is 10.1. The molecule has 1 aromatic rings. The van der Waals surface area contributed by atoms with E-state index in [1.165, 1.54) is 0 Å². The number of aliphatic hydroxyl groups excluding tert-OH is 1. The molecule has 0 unspecified atom stereocenters. The number of rotatable bonds is 2. The first-order valence-corrected chi connectivity index (χ1v) is 4.21. The first kappa shape index (κ1) is 10.1. The number of ketones is 1. The molecule has 0 saturated carbocycles. The van der Waals surface area contributed by atoms with Crippen molar-refractivity contribution < 1.29 is 9.90 Å². The van der Waals surface area contributed by atoms with E-state index in [-0.39, 0.29) is 15.6 Å². The lowest BCUT2D eigenvalue weighted by Crippen LogP contribution is -1.96. The van der Waals surface area contributed by atoms with Crippen molar-refractivity contribution in [1.82, 2.24) is 0 Å². The average Bonchev–Trinajstić information content (AvgIpc) is 2.04. The van der Waals surface area contributed by atoms with Crippen LogP contribution in [0.15, 0.2) is 30.5 Å². The quantitative estimate of drug-likeness (QED) is 0.469. The predicted octanol–water partition coefficient (Wildman–Crippen LogP) is 3.25. The zero-order valence-electron chi connectivity index (χ0n) is 6.50. The standard InChI is InChI=1S/C9H6Cl2O2/c10-6-2-1-3-7(11)9(6)8(13)4-5-12/h1-5,12H. The highest BCUT2D eigenvalue weighted by Gasteiger charge is 2.11. The number of halogens is 2. The van der Waals surface area contributed by atoms with Gasteiger partial charge in [0.25, 0.3) is 0 Å². The van der Waals surface area contributed by atoms with Crippen LogP contribution in [-0.2, 0) is 0 Å². The molecule has 0 aromatic heterocycles. The summed E-state index contributed by atoms with van der Waals surface area (Å²) < 4.78 is 0. The van der Waals surface area contributed by atoms with Gasteiger partial charge in [0.15, 0.2) is 5.78 Å². The first-order valence-electron chi connectivity index (χ1n) is 3.46. The first-order chi connectivity index (χ1) is 6.16. The molecule has 0 fully saturated rings. The molecular formula is C9H6Cl2O2. The average molecular weight is 217 g/mol. The van der Waals surface area contributed by atoms with E-state index in [1.54, 1.807) is 18.2 Å². The van der Waals surface area contributed by atoms with E-state index in [2.05, 4.69) is 0 Å². The Balaban J connectivity index is 3.20. The fourth-order valence-corrected chi connectivity index (χ4v) is 1.47. The molecule has 0 atom stereocenters. The number of carbonyl (C=O) groups is 1. The van der Waals surface area contributed by atoms with Crippen molar-refractivity contribution in [2.24, 2.45) is 0 Å². The number of hydrogen-bond acceptors (Lipinski definition) is 2. The number of hydrogen-bond donors (Lipinski definition) is 1. The summed E-state index contributed by atoms with van der Waals surface area (Å²) >= 11 is 11.5. The molecule has 68 valence electrons. The van der Waals surface area contributed by atoms with Gasteiger partial charge < -0.3 is 5.11 Å². The second-order valence-electron chi connectivity index (χ2n) is 2.28. The van der Waals surface area contributed by atoms with Gasteiger partial charge in [-0.1, -0.05) is 29.3 Å². The highest BCUT2D eigenvalue weighted by molar-refractivity contribution is 6.40. The van der Waals surface area contributed by atoms with E-state index in [4.69, 9.17) is 28.3 Å². The van der Waals surface area contributed by atoms with Crippen LogP contribution in [0, 0.1) is 0 Å². The maximum Gasteiger partial charge on any atom is 0.191 e. The highest BCUT2D eigenvalue weighted by Crippen LogP contribution is 2.24. The molecule has 1 aromatic carbocycles. The van der Waals surface area contributed by atoms with Crippen LogP contribution in [0.3, 0.4) is 0 Å². The summed E-state index contributed by atoms with van der Waals surface area (Å²) in [5, 5.41) is 8.94. The summed E-state index contributed by atoms with van der Waals surface area (Å²) in [5.74, 6) is -0.418. The van der Waals surface area contributed by atoms with Crippen molar-refractivity contribution in [1.29, 1.82) is 0 Å². The van der Waals surface area contributed by atoms with Crippen LogP contribution in [0.25, 0.3) is 0 Å². The Morgan fingerprint density at radius 2 is 1.85 bits per heavy atom. The molecule has 2 nitrogen and oxygen atoms in total. The Morgan fingerprint density at radius 1 is 1.31 bits per heavy atom. The molecular weight excluding hydrogens is 211 g/mol. The van der Waals surface area contributed by atoms with E-state index in [1.807, 2.05) is 0 Å². The Hall–Kier alpha value is -0.990. The normalized spacial score (nSPS) is 10.6. The van der Waals surface area contributed by atoms with Gasteiger partial charge in [0, 0.05) is 6.08 Å². The van der Waals surface area contributed by atoms with Crippen LogP contribution in [0.1, 0.15) is 10.4 Å². The summed E-state index contributed by atoms with van der Waals surface area (Å²) in [7, 11) is 0. The minimum absolute atomic E-state index is 0.205. The maximum absolute atomic E-state index is 11.3. The molecule has 1 N–H and O–H groups in total. The number of benzene rings is 1. The topological polar surface area (TPSA) is 37.3 Å². The van der Waals surface area contributed by atoms with Gasteiger partial charge in [-0.05, 0) is 12.1 Å². The Bertz CT molecular complexity index is 338. The van der Waals surface area contributed by atoms with Gasteiger partial charge in [-0.2, -0.15) is 0 Å². The molecule has 0 heterocycles. The van der Waals surface area contributed by atoms with E-state index < -0.39 is 5.78 Å². The van der Waals surface area contributed by atoms with E-state index in [0.29, 0.717) is 6.26 Å². The van der Waals surface area contributed by atoms with Crippen molar-refractivity contribution >= 4 is 29.0 Å². The van der Waals surface area contributed by atoms with Crippen LogP contribution < -0.4 is 0 Å². The smallest absolute Gasteiger partial charge is 0.191 e. The third-order valence-corrected chi connectivity index (χ3v) is 2.07. The third kappa shape index (κ3) is 2.23. The molecule has 0 amide bonds. The largest absolute Gasteiger partial charge is 0.515 e. The zero-order chi connectivity index (χ0) is 9.84. The van der Waals surface area contributed by atoms with Gasteiger partial charge in [0.1, 0.15) is 0 Å². The second kappa shape index (κ2) is 4.30. The minimum atomic E-state index is -0.418. The van der Waals surface area contributed by atoms with Crippen molar-refractivity contribution in [3.8, 4) is 0 Å². The van der Waals surface area contributed by atoms with Gasteiger partial charge in [0.05, 0.1) is 21.9 Å². The van der Waals surface area contributed by atoms with E-state index in [0.717, 1.165) is 6.08 Å². The Morgan fingerprint density at radius 3 is 2.31 bits per heavy atom. The number of aliphatic hydroxyl groups is 1. The van der Waals surface area contributed by atoms with E-state index >= 15 is 0 Å². The molecule has 0 bridgehead atoms. The molecule has 0 aliphatic heterocycles. The Labute approximate surface area is 85.4 Å². The Kier molecular flexibility index (Phi) is 3.34. The molecule has 1 rings (SSSR count). The maximum atomic E-state index is 11.3. The summed E-state index contributed by atoms with van der Waals surface area (Å²) in [6, 6.07) is 4.77. The highest BCUT2D eigenvalue weighted by atomic mass is 35.5. The molecule has 0 saturated heterocycles. The fraction of sp³-hybridized carbons (Fsp3) is 0. The van der Waals surface area contributed by atoms with Gasteiger partial charge in [0.2, 0.25) is 0 Å². The summed E-state index contributed by atoms with van der Waals surface area (Å²) in [5.41, 5.74) is 0.205. The summed E-state index contributed by atoms with van der Waals surface area (Å²) in [6.45, 7) is 0. The molecule has 0 spiro atoms. The lowest BCUT2D eigenvalue weighted by molar-refractivity contribution is 0.104. The number of carbonyl (C=O) groups excluding carboxylic acids is 1. The van der Waals surface area contributed by atoms with Gasteiger partial charge in [-0.25, -0.2) is 0 Å². The molecule has 0 aliphatic rings. The zero-order valence-corrected chi connectivity index (χ0v) is 8.01. The van der Waals surface area contributed by atoms with Crippen LogP contribution in [0.5, 0.6) is 0 Å². The van der Waals surface area contributed by atoms with E-state index in [9.17, 15) is 4.79 Å². The number of allylic oxidation sites excluding steroid dienone is 1. The SMILES string of the molecule is O=C(C=CO)c1c(Cl)cccc1Cl. The molecule has 4 heteroatoms. The van der Waals surface area contributed by atoms with Crippen LogP contribution >= 0.6 is 23.2 Å². The monoisotopic (exact) mass is 216 g/mol. The third-order valence-electron chi connectivity index (χ3n) is 1.44. The van der Waals surface area contributed by atoms with Gasteiger partial charge in [-0.3, -0.25) is 4.79 Å². The molecule has 0 radical (unpaired) electrons. The fourth-order valence-electron chi connectivity index (χ4n) is 0.884. The van der Waals surface area contributed by atoms with Crippen molar-refractivity contribution in [2.45, 2.75) is 0 Å². The summed E-state index contributed by atoms with van der Waals surface area (Å²) in [4.78, 5) is 11.3. The van der Waals surface area contributed by atoms with Gasteiger partial charge >= 0.3 is 0 Å². The van der Waals surface area contributed by atoms with Crippen LogP contribution in [0.4, 0.5) is 0 Å². The molecule has 13 heavy (non-hydrogen) atoms. The lowest BCUT2D eigenvalue weighted by Gasteiger charge is -2.01. The van der Waals surface area contributed by atoms with Crippen molar-refractivity contribution in [2.75, 3.05) is 0 Å². The van der Waals surface area contributed by atoms with Crippen LogP contribution in [-0.4, -0.2) is 10.9 Å². The second-order valence-corrected chi connectivity index (χ2v) is 3.09. The van der Waals surface area contributed by atoms with Crippen LogP contribution in [0.2, 0.25) is 10.0 Å². The minimum Gasteiger partial charge on any atom is -0.515 e. The predicted molar refractivity (Wildman–Crippen MR) is 52.6 cm³/mol. The van der Waals surface area contributed by atoms with Crippen molar-refractivity contribution in [3.05, 3.63) is 46.1 Å².